The number of methoxy groups -OCH3 is 1. The van der Waals surface area contributed by atoms with Crippen LogP contribution in [0.3, 0.4) is 0 Å². The molecule has 0 aliphatic rings. The number of ether oxygens (including phenoxy) is 4. The van der Waals surface area contributed by atoms with Crippen LogP contribution in [0.25, 0.3) is 0 Å². The maximum absolute atomic E-state index is 5.48. The molecule has 0 spiro atoms. The molecule has 0 aromatic heterocycles. The molecule has 0 bridgehead atoms. The van der Waals surface area contributed by atoms with Crippen molar-refractivity contribution in [2.75, 3.05) is 59.9 Å². The SMILES string of the molecule is C=C(CNC(C)(C)C)COCCOCCOCCOC. The molecule has 0 saturated carbocycles. The quantitative estimate of drug-likeness (QED) is 0.412. The van der Waals surface area contributed by atoms with Gasteiger partial charge >= 0.3 is 0 Å². The van der Waals surface area contributed by atoms with Gasteiger partial charge in [0.2, 0.25) is 0 Å². The van der Waals surface area contributed by atoms with Crippen LogP contribution in [0.1, 0.15) is 20.8 Å². The molecule has 0 atom stereocenters. The van der Waals surface area contributed by atoms with E-state index in [0.717, 1.165) is 12.1 Å². The van der Waals surface area contributed by atoms with Crippen LogP contribution in [0.2, 0.25) is 0 Å². The summed E-state index contributed by atoms with van der Waals surface area (Å²) in [5.41, 5.74) is 1.15. The standard InChI is InChI=1S/C15H31NO4/c1-14(12-16-15(2,3)4)13-20-11-10-19-9-8-18-7-6-17-5/h16H,1,6-13H2,2-5H3. The van der Waals surface area contributed by atoms with Crippen molar-refractivity contribution < 1.29 is 18.9 Å². The zero-order valence-corrected chi connectivity index (χ0v) is 13.5. The van der Waals surface area contributed by atoms with Gasteiger partial charge in [-0.3, -0.25) is 0 Å². The molecule has 0 aromatic carbocycles. The highest BCUT2D eigenvalue weighted by molar-refractivity contribution is 4.98. The Kier molecular flexibility index (Phi) is 12.0. The van der Waals surface area contributed by atoms with E-state index >= 15 is 0 Å². The Hall–Kier alpha value is -0.460. The van der Waals surface area contributed by atoms with Crippen LogP contribution in [0, 0.1) is 0 Å². The zero-order chi connectivity index (χ0) is 15.3. The molecule has 20 heavy (non-hydrogen) atoms. The Labute approximate surface area is 123 Å². The molecular weight excluding hydrogens is 258 g/mol. The monoisotopic (exact) mass is 289 g/mol. The van der Waals surface area contributed by atoms with E-state index in [9.17, 15) is 0 Å². The predicted molar refractivity (Wildman–Crippen MR) is 81.2 cm³/mol. The van der Waals surface area contributed by atoms with Crippen molar-refractivity contribution in [3.8, 4) is 0 Å². The molecule has 0 rings (SSSR count). The van der Waals surface area contributed by atoms with E-state index in [1.807, 2.05) is 0 Å². The summed E-state index contributed by atoms with van der Waals surface area (Å²) in [5, 5.41) is 3.37. The fourth-order valence-corrected chi connectivity index (χ4v) is 1.24. The first kappa shape index (κ1) is 19.5. The number of nitrogens with one attached hydrogen (secondary N) is 1. The lowest BCUT2D eigenvalue weighted by Gasteiger charge is -2.21. The van der Waals surface area contributed by atoms with Gasteiger partial charge in [-0.15, -0.1) is 0 Å². The van der Waals surface area contributed by atoms with Crippen LogP contribution in [-0.2, 0) is 18.9 Å². The van der Waals surface area contributed by atoms with E-state index in [0.29, 0.717) is 46.2 Å². The highest BCUT2D eigenvalue weighted by Gasteiger charge is 2.08. The molecule has 0 aliphatic carbocycles. The summed E-state index contributed by atoms with van der Waals surface area (Å²) in [6.07, 6.45) is 0. The molecule has 5 heteroatoms. The summed E-state index contributed by atoms with van der Waals surface area (Å²) < 4.78 is 21.0. The van der Waals surface area contributed by atoms with Gasteiger partial charge in [-0.25, -0.2) is 0 Å². The minimum absolute atomic E-state index is 0.106. The van der Waals surface area contributed by atoms with E-state index < -0.39 is 0 Å². The van der Waals surface area contributed by atoms with Gasteiger partial charge in [-0.1, -0.05) is 6.58 Å². The highest BCUT2D eigenvalue weighted by atomic mass is 16.6. The second-order valence-electron chi connectivity index (χ2n) is 5.62. The van der Waals surface area contributed by atoms with Gasteiger partial charge in [-0.2, -0.15) is 0 Å². The average molecular weight is 289 g/mol. The molecule has 1 N–H and O–H groups in total. The minimum atomic E-state index is 0.106. The van der Waals surface area contributed by atoms with Crippen molar-refractivity contribution in [1.82, 2.24) is 5.32 Å². The summed E-state index contributed by atoms with van der Waals surface area (Å²) in [6.45, 7) is 15.3. The van der Waals surface area contributed by atoms with Crippen molar-refractivity contribution in [3.05, 3.63) is 12.2 Å². The van der Waals surface area contributed by atoms with Crippen LogP contribution in [0.4, 0.5) is 0 Å². The van der Waals surface area contributed by atoms with Gasteiger partial charge in [0.25, 0.3) is 0 Å². The molecular formula is C15H31NO4. The third-order valence-corrected chi connectivity index (χ3v) is 2.35. The summed E-state index contributed by atoms with van der Waals surface area (Å²) in [7, 11) is 1.65. The van der Waals surface area contributed by atoms with Gasteiger partial charge in [0.15, 0.2) is 0 Å². The Morgan fingerprint density at radius 2 is 1.40 bits per heavy atom. The van der Waals surface area contributed by atoms with Crippen LogP contribution >= 0.6 is 0 Å². The fraction of sp³-hybridized carbons (Fsp3) is 0.867. The first-order chi connectivity index (χ1) is 9.45. The molecule has 0 aromatic rings. The highest BCUT2D eigenvalue weighted by Crippen LogP contribution is 2.00. The van der Waals surface area contributed by atoms with Crippen molar-refractivity contribution in [3.63, 3.8) is 0 Å². The lowest BCUT2D eigenvalue weighted by molar-refractivity contribution is 0.00630. The molecule has 0 aliphatic heterocycles. The van der Waals surface area contributed by atoms with Crippen molar-refractivity contribution in [1.29, 1.82) is 0 Å². The summed E-state index contributed by atoms with van der Waals surface area (Å²) in [5.74, 6) is 0. The van der Waals surface area contributed by atoms with Gasteiger partial charge in [0.05, 0.1) is 46.2 Å². The number of hydrogen-bond donors (Lipinski definition) is 1. The molecule has 0 radical (unpaired) electrons. The lowest BCUT2D eigenvalue weighted by Crippen LogP contribution is -2.37. The second-order valence-corrected chi connectivity index (χ2v) is 5.62. The van der Waals surface area contributed by atoms with Crippen molar-refractivity contribution >= 4 is 0 Å². The predicted octanol–water partition coefficient (Wildman–Crippen LogP) is 1.63. The summed E-state index contributed by atoms with van der Waals surface area (Å²) >= 11 is 0. The van der Waals surface area contributed by atoms with E-state index in [1.54, 1.807) is 7.11 Å². The van der Waals surface area contributed by atoms with E-state index in [-0.39, 0.29) is 5.54 Å². The van der Waals surface area contributed by atoms with Gasteiger partial charge < -0.3 is 24.3 Å². The Morgan fingerprint density at radius 1 is 0.900 bits per heavy atom. The lowest BCUT2D eigenvalue weighted by atomic mass is 10.1. The normalized spacial score (nSPS) is 11.8. The van der Waals surface area contributed by atoms with E-state index in [2.05, 4.69) is 32.7 Å². The second kappa shape index (κ2) is 12.3. The molecule has 0 amide bonds. The fourth-order valence-electron chi connectivity index (χ4n) is 1.24. The Bertz CT molecular complexity index is 239. The maximum Gasteiger partial charge on any atom is 0.0704 e. The average Bonchev–Trinajstić information content (AvgIpc) is 2.38. The van der Waals surface area contributed by atoms with E-state index in [1.165, 1.54) is 0 Å². The zero-order valence-electron chi connectivity index (χ0n) is 13.5. The van der Waals surface area contributed by atoms with Gasteiger partial charge in [0, 0.05) is 19.2 Å². The van der Waals surface area contributed by atoms with Crippen LogP contribution < -0.4 is 5.32 Å². The molecule has 0 heterocycles. The third-order valence-electron chi connectivity index (χ3n) is 2.35. The Morgan fingerprint density at radius 3 is 1.90 bits per heavy atom. The number of rotatable bonds is 13. The third kappa shape index (κ3) is 15.6. The number of hydrogen-bond acceptors (Lipinski definition) is 5. The largest absolute Gasteiger partial charge is 0.382 e. The van der Waals surface area contributed by atoms with Crippen LogP contribution in [0.5, 0.6) is 0 Å². The molecule has 5 nitrogen and oxygen atoms in total. The molecule has 120 valence electrons. The summed E-state index contributed by atoms with van der Waals surface area (Å²) in [4.78, 5) is 0. The maximum atomic E-state index is 5.48. The van der Waals surface area contributed by atoms with Gasteiger partial charge in [0.1, 0.15) is 0 Å². The molecule has 0 unspecified atom stereocenters. The summed E-state index contributed by atoms with van der Waals surface area (Å²) in [6, 6.07) is 0. The van der Waals surface area contributed by atoms with Gasteiger partial charge in [-0.05, 0) is 26.3 Å². The first-order valence-corrected chi connectivity index (χ1v) is 7.09. The van der Waals surface area contributed by atoms with Crippen molar-refractivity contribution in [2.45, 2.75) is 26.3 Å². The smallest absolute Gasteiger partial charge is 0.0704 e. The van der Waals surface area contributed by atoms with Crippen LogP contribution in [-0.4, -0.2) is 65.4 Å². The van der Waals surface area contributed by atoms with Crippen molar-refractivity contribution in [2.24, 2.45) is 0 Å². The first-order valence-electron chi connectivity index (χ1n) is 7.09. The minimum Gasteiger partial charge on any atom is -0.382 e. The van der Waals surface area contributed by atoms with Crippen LogP contribution in [0.15, 0.2) is 12.2 Å². The Balaban J connectivity index is 3.21. The van der Waals surface area contributed by atoms with E-state index in [4.69, 9.17) is 18.9 Å². The molecule has 0 saturated heterocycles. The molecule has 0 fully saturated rings. The topological polar surface area (TPSA) is 49.0 Å².